The average Bonchev–Trinajstić information content (AvgIpc) is 2.60. The van der Waals surface area contributed by atoms with E-state index in [1.165, 1.54) is 9.87 Å². The molecule has 1 fully saturated rings. The van der Waals surface area contributed by atoms with Crippen LogP contribution in [0.2, 0.25) is 0 Å². The first-order valence-corrected chi connectivity index (χ1v) is 11.4. The molecule has 0 spiro atoms. The van der Waals surface area contributed by atoms with Gasteiger partial charge in [0.25, 0.3) is 0 Å². The van der Waals surface area contributed by atoms with Crippen molar-refractivity contribution >= 4 is 15.9 Å². The molecule has 0 atom stereocenters. The van der Waals surface area contributed by atoms with Crippen LogP contribution in [-0.4, -0.2) is 31.7 Å². The van der Waals surface area contributed by atoms with Crippen molar-refractivity contribution in [2.45, 2.75) is 77.0 Å². The molecule has 0 aliphatic carbocycles. The molecule has 6 heteroatoms. The Morgan fingerprint density at radius 1 is 0.963 bits per heavy atom. The summed E-state index contributed by atoms with van der Waals surface area (Å²) in [4.78, 5) is 11.9. The number of sulfonamides is 1. The third kappa shape index (κ3) is 4.54. The Hall–Kier alpha value is -1.40. The first-order valence-electron chi connectivity index (χ1n) is 9.94. The molecule has 0 radical (unpaired) electrons. The van der Waals surface area contributed by atoms with Gasteiger partial charge in [-0.25, -0.2) is 8.42 Å². The summed E-state index contributed by atoms with van der Waals surface area (Å²) in [6.07, 6.45) is 0.985. The van der Waals surface area contributed by atoms with Gasteiger partial charge >= 0.3 is 0 Å². The Morgan fingerprint density at radius 2 is 1.41 bits per heavy atom. The monoisotopic (exact) mass is 394 g/mol. The predicted octanol–water partition coefficient (Wildman–Crippen LogP) is 3.94. The van der Waals surface area contributed by atoms with Gasteiger partial charge in [-0.15, -0.1) is 0 Å². The molecule has 0 aromatic heterocycles. The van der Waals surface area contributed by atoms with Gasteiger partial charge in [-0.3, -0.25) is 4.79 Å². The number of piperidine rings is 1. The summed E-state index contributed by atoms with van der Waals surface area (Å²) in [5.74, 6) is -0.0145. The number of carbonyl (C=O) groups is 1. The first-order chi connectivity index (χ1) is 12.5. The lowest BCUT2D eigenvalue weighted by atomic mass is 9.89. The Morgan fingerprint density at radius 3 is 1.74 bits per heavy atom. The number of nitrogens with two attached hydrogens (primary N) is 1. The van der Waals surface area contributed by atoms with E-state index in [0.29, 0.717) is 36.7 Å². The fourth-order valence-electron chi connectivity index (χ4n) is 3.70. The molecular formula is C21H34N2O3S. The van der Waals surface area contributed by atoms with Gasteiger partial charge in [0.15, 0.2) is 0 Å². The second kappa shape index (κ2) is 8.31. The molecule has 0 unspecified atom stereocenters. The highest BCUT2D eigenvalue weighted by Gasteiger charge is 2.35. The molecule has 27 heavy (non-hydrogen) atoms. The van der Waals surface area contributed by atoms with Crippen molar-refractivity contribution in [3.8, 4) is 0 Å². The van der Waals surface area contributed by atoms with E-state index in [1.54, 1.807) is 0 Å². The summed E-state index contributed by atoms with van der Waals surface area (Å²) < 4.78 is 28.7. The topological polar surface area (TPSA) is 80.5 Å². The number of rotatable bonds is 6. The molecule has 5 nitrogen and oxygen atoms in total. The Labute approximate surface area is 164 Å². The van der Waals surface area contributed by atoms with E-state index in [9.17, 15) is 13.2 Å². The lowest BCUT2D eigenvalue weighted by molar-refractivity contribution is -0.122. The van der Waals surface area contributed by atoms with Gasteiger partial charge in [0.2, 0.25) is 15.9 Å². The average molecular weight is 395 g/mol. The highest BCUT2D eigenvalue weighted by molar-refractivity contribution is 7.89. The molecule has 2 rings (SSSR count). The van der Waals surface area contributed by atoms with Gasteiger partial charge in [-0.1, -0.05) is 53.7 Å². The van der Waals surface area contributed by atoms with Crippen LogP contribution in [0, 0.1) is 5.92 Å². The van der Waals surface area contributed by atoms with E-state index in [4.69, 9.17) is 5.73 Å². The van der Waals surface area contributed by atoms with Gasteiger partial charge in [0.1, 0.15) is 0 Å². The van der Waals surface area contributed by atoms with Crippen LogP contribution in [-0.2, 0) is 14.8 Å². The molecule has 1 saturated heterocycles. The normalized spacial score (nSPS) is 17.2. The molecular weight excluding hydrogens is 360 g/mol. The summed E-state index contributed by atoms with van der Waals surface area (Å²) in [5, 5.41) is 0. The van der Waals surface area contributed by atoms with Gasteiger partial charge in [0, 0.05) is 19.0 Å². The zero-order chi connectivity index (χ0) is 20.5. The van der Waals surface area contributed by atoms with Crippen LogP contribution >= 0.6 is 0 Å². The minimum Gasteiger partial charge on any atom is -0.369 e. The second-order valence-electron chi connectivity index (χ2n) is 8.57. The number of hydrogen-bond donors (Lipinski definition) is 1. The van der Waals surface area contributed by atoms with Crippen molar-refractivity contribution in [2.24, 2.45) is 11.7 Å². The smallest absolute Gasteiger partial charge is 0.243 e. The summed E-state index contributed by atoms with van der Waals surface area (Å²) >= 11 is 0. The molecule has 0 saturated carbocycles. The van der Waals surface area contributed by atoms with Crippen molar-refractivity contribution in [3.05, 3.63) is 28.8 Å². The minimum absolute atomic E-state index is 0.106. The van der Waals surface area contributed by atoms with Crippen molar-refractivity contribution in [3.63, 3.8) is 0 Å². The van der Waals surface area contributed by atoms with Gasteiger partial charge < -0.3 is 5.73 Å². The molecule has 152 valence electrons. The van der Waals surface area contributed by atoms with Crippen molar-refractivity contribution in [1.82, 2.24) is 4.31 Å². The quantitative estimate of drug-likeness (QED) is 0.793. The van der Waals surface area contributed by atoms with Crippen LogP contribution in [0.1, 0.15) is 88.8 Å². The summed E-state index contributed by atoms with van der Waals surface area (Å²) in [5.41, 5.74) is 8.35. The second-order valence-corrected chi connectivity index (χ2v) is 10.4. The fourth-order valence-corrected chi connectivity index (χ4v) is 5.83. The number of hydrogen-bond acceptors (Lipinski definition) is 3. The fraction of sp³-hybridized carbons (Fsp3) is 0.667. The number of primary amides is 1. The third-order valence-corrected chi connectivity index (χ3v) is 7.57. The Bertz CT molecular complexity index is 761. The molecule has 1 heterocycles. The largest absolute Gasteiger partial charge is 0.369 e. The van der Waals surface area contributed by atoms with E-state index in [-0.39, 0.29) is 23.7 Å². The Kier molecular flexibility index (Phi) is 6.74. The van der Waals surface area contributed by atoms with Crippen molar-refractivity contribution in [1.29, 1.82) is 0 Å². The third-order valence-electron chi connectivity index (χ3n) is 5.53. The number of benzene rings is 1. The molecule has 2 N–H and O–H groups in total. The minimum atomic E-state index is -3.62. The number of amides is 1. The lowest BCUT2D eigenvalue weighted by Gasteiger charge is -2.32. The van der Waals surface area contributed by atoms with Crippen LogP contribution in [0.15, 0.2) is 17.0 Å². The van der Waals surface area contributed by atoms with E-state index < -0.39 is 10.0 Å². The van der Waals surface area contributed by atoms with Gasteiger partial charge in [-0.05, 0) is 47.3 Å². The maximum atomic E-state index is 13.6. The van der Waals surface area contributed by atoms with E-state index in [0.717, 1.165) is 11.1 Å². The Balaban J connectivity index is 2.56. The standard InChI is InChI=1S/C21H34N2O3S/c1-13(2)17-11-18(14(3)4)20(19(12-17)15(5)6)27(25,26)23-9-7-16(8-10-23)21(22)24/h11-16H,7-10H2,1-6H3,(H2,22,24). The van der Waals surface area contributed by atoms with Crippen LogP contribution in [0.25, 0.3) is 0 Å². The maximum Gasteiger partial charge on any atom is 0.243 e. The zero-order valence-electron chi connectivity index (χ0n) is 17.5. The first kappa shape index (κ1) is 21.9. The van der Waals surface area contributed by atoms with E-state index >= 15 is 0 Å². The molecule has 1 aliphatic heterocycles. The SMILES string of the molecule is CC(C)c1cc(C(C)C)c(S(=O)(=O)N2CCC(C(N)=O)CC2)c(C(C)C)c1. The maximum absolute atomic E-state index is 13.6. The van der Waals surface area contributed by atoms with Gasteiger partial charge in [0.05, 0.1) is 4.90 Å². The molecule has 0 bridgehead atoms. The number of carbonyl (C=O) groups excluding carboxylic acids is 1. The zero-order valence-corrected chi connectivity index (χ0v) is 18.3. The molecule has 1 aromatic carbocycles. The highest BCUT2D eigenvalue weighted by atomic mass is 32.2. The van der Waals surface area contributed by atoms with Crippen molar-refractivity contribution in [2.75, 3.05) is 13.1 Å². The van der Waals surface area contributed by atoms with Crippen molar-refractivity contribution < 1.29 is 13.2 Å². The van der Waals surface area contributed by atoms with E-state index in [1.807, 2.05) is 27.7 Å². The summed E-state index contributed by atoms with van der Waals surface area (Å²) in [6.45, 7) is 13.1. The predicted molar refractivity (Wildman–Crippen MR) is 109 cm³/mol. The van der Waals surface area contributed by atoms with Crippen LogP contribution in [0.5, 0.6) is 0 Å². The number of nitrogens with zero attached hydrogens (tertiary/aromatic N) is 1. The summed E-state index contributed by atoms with van der Waals surface area (Å²) in [6, 6.07) is 4.12. The van der Waals surface area contributed by atoms with Gasteiger partial charge in [-0.2, -0.15) is 4.31 Å². The summed E-state index contributed by atoms with van der Waals surface area (Å²) in [7, 11) is -3.62. The van der Waals surface area contributed by atoms with Crippen LogP contribution in [0.3, 0.4) is 0 Å². The van der Waals surface area contributed by atoms with Crippen LogP contribution < -0.4 is 5.73 Å². The molecule has 1 amide bonds. The lowest BCUT2D eigenvalue weighted by Crippen LogP contribution is -2.42. The highest BCUT2D eigenvalue weighted by Crippen LogP contribution is 2.37. The molecule has 1 aliphatic rings. The van der Waals surface area contributed by atoms with Crippen LogP contribution in [0.4, 0.5) is 0 Å². The van der Waals surface area contributed by atoms with E-state index in [2.05, 4.69) is 26.0 Å². The molecule has 1 aromatic rings.